The summed E-state index contributed by atoms with van der Waals surface area (Å²) in [6.45, 7) is 7.55. The van der Waals surface area contributed by atoms with E-state index in [1.165, 1.54) is 0 Å². The van der Waals surface area contributed by atoms with E-state index >= 15 is 0 Å². The summed E-state index contributed by atoms with van der Waals surface area (Å²) >= 11 is 0. The summed E-state index contributed by atoms with van der Waals surface area (Å²) in [6.07, 6.45) is 2.07. The van der Waals surface area contributed by atoms with Crippen LogP contribution in [0.15, 0.2) is 30.3 Å². The molecule has 0 spiro atoms. The molecule has 0 bridgehead atoms. The van der Waals surface area contributed by atoms with Gasteiger partial charge in [-0.05, 0) is 25.3 Å². The Morgan fingerprint density at radius 2 is 2.00 bits per heavy atom. The van der Waals surface area contributed by atoms with Crippen molar-refractivity contribution in [2.45, 2.75) is 31.3 Å². The summed E-state index contributed by atoms with van der Waals surface area (Å²) in [6, 6.07) is 9.11. The highest BCUT2D eigenvalue weighted by Crippen LogP contribution is 2.02. The van der Waals surface area contributed by atoms with Gasteiger partial charge in [0, 0.05) is 6.04 Å². The highest BCUT2D eigenvalue weighted by atomic mass is 16.2. The second-order valence-corrected chi connectivity index (χ2v) is 4.14. The zero-order chi connectivity index (χ0) is 12.7. The Balaban J connectivity index is 2.42. The van der Waals surface area contributed by atoms with Gasteiger partial charge >= 0.3 is 0 Å². The quantitative estimate of drug-likeness (QED) is 0.780. The number of amides is 1. The minimum absolute atomic E-state index is 0.109. The molecule has 1 aromatic carbocycles. The van der Waals surface area contributed by atoms with Crippen molar-refractivity contribution in [2.75, 3.05) is 0 Å². The molecule has 0 fully saturated rings. The standard InChI is InChI=1S/C14H20N2O/c1-3-7-11(2)16-14(17)13(15)10-12-8-5-4-6-9-12/h4-6,8-9,11,13H,1-3,7,10,15H2,(H,16,17). The first-order valence-corrected chi connectivity index (χ1v) is 5.85. The van der Waals surface area contributed by atoms with E-state index in [1.54, 1.807) is 0 Å². The second kappa shape index (κ2) is 7.07. The molecule has 1 aromatic rings. The Morgan fingerprint density at radius 3 is 2.59 bits per heavy atom. The number of rotatable bonds is 6. The van der Waals surface area contributed by atoms with E-state index in [1.807, 2.05) is 30.3 Å². The van der Waals surface area contributed by atoms with Crippen LogP contribution in [0.5, 0.6) is 0 Å². The molecule has 0 saturated heterocycles. The number of hydrogen-bond donors (Lipinski definition) is 2. The molecule has 2 radical (unpaired) electrons. The molecular formula is C14H20N2O. The normalized spacial score (nSPS) is 14.1. The highest BCUT2D eigenvalue weighted by molar-refractivity contribution is 5.82. The molecule has 3 N–H and O–H groups in total. The molecule has 0 aromatic heterocycles. The van der Waals surface area contributed by atoms with Gasteiger partial charge in [0.15, 0.2) is 0 Å². The number of carbonyl (C=O) groups excluding carboxylic acids is 1. The van der Waals surface area contributed by atoms with E-state index in [0.717, 1.165) is 18.4 Å². The van der Waals surface area contributed by atoms with E-state index in [-0.39, 0.29) is 11.9 Å². The maximum atomic E-state index is 11.7. The summed E-state index contributed by atoms with van der Waals surface area (Å²) < 4.78 is 0. The van der Waals surface area contributed by atoms with Crippen molar-refractivity contribution < 1.29 is 4.79 Å². The zero-order valence-corrected chi connectivity index (χ0v) is 10.1. The molecular weight excluding hydrogens is 212 g/mol. The third kappa shape index (κ3) is 5.00. The molecule has 0 aliphatic heterocycles. The monoisotopic (exact) mass is 232 g/mol. The predicted molar refractivity (Wildman–Crippen MR) is 70.0 cm³/mol. The lowest BCUT2D eigenvalue weighted by Gasteiger charge is -2.16. The van der Waals surface area contributed by atoms with E-state index in [2.05, 4.69) is 19.2 Å². The van der Waals surface area contributed by atoms with Crippen LogP contribution in [-0.4, -0.2) is 18.0 Å². The van der Waals surface area contributed by atoms with Crippen LogP contribution >= 0.6 is 0 Å². The van der Waals surface area contributed by atoms with Gasteiger partial charge in [-0.25, -0.2) is 0 Å². The van der Waals surface area contributed by atoms with Crippen LogP contribution in [0, 0.1) is 13.8 Å². The van der Waals surface area contributed by atoms with Crippen molar-refractivity contribution in [3.8, 4) is 0 Å². The molecule has 2 atom stereocenters. The number of benzene rings is 1. The fraction of sp³-hybridized carbons (Fsp3) is 0.357. The topological polar surface area (TPSA) is 55.1 Å². The Morgan fingerprint density at radius 1 is 1.35 bits per heavy atom. The van der Waals surface area contributed by atoms with E-state index < -0.39 is 6.04 Å². The van der Waals surface area contributed by atoms with Gasteiger partial charge in [0.25, 0.3) is 0 Å². The third-order valence-corrected chi connectivity index (χ3v) is 2.53. The maximum absolute atomic E-state index is 11.7. The lowest BCUT2D eigenvalue weighted by atomic mass is 10.1. The van der Waals surface area contributed by atoms with Crippen molar-refractivity contribution in [1.29, 1.82) is 0 Å². The average Bonchev–Trinajstić information content (AvgIpc) is 2.30. The first-order chi connectivity index (χ1) is 8.13. The van der Waals surface area contributed by atoms with Crippen LogP contribution in [0.25, 0.3) is 0 Å². The van der Waals surface area contributed by atoms with Crippen molar-refractivity contribution in [3.05, 3.63) is 49.7 Å². The van der Waals surface area contributed by atoms with Gasteiger partial charge in [-0.2, -0.15) is 0 Å². The van der Waals surface area contributed by atoms with Gasteiger partial charge in [-0.15, -0.1) is 0 Å². The van der Waals surface area contributed by atoms with Crippen molar-refractivity contribution >= 4 is 5.91 Å². The van der Waals surface area contributed by atoms with Gasteiger partial charge in [-0.1, -0.05) is 43.7 Å². The Bertz CT molecular complexity index is 337. The first kappa shape index (κ1) is 13.7. The van der Waals surface area contributed by atoms with Gasteiger partial charge in [0.1, 0.15) is 0 Å². The van der Waals surface area contributed by atoms with Crippen molar-refractivity contribution in [1.82, 2.24) is 5.32 Å². The number of nitrogens with one attached hydrogen (secondary N) is 1. The minimum atomic E-state index is -0.522. The van der Waals surface area contributed by atoms with E-state index in [0.29, 0.717) is 6.42 Å². The second-order valence-electron chi connectivity index (χ2n) is 4.14. The van der Waals surface area contributed by atoms with E-state index in [4.69, 9.17) is 5.73 Å². The zero-order valence-electron chi connectivity index (χ0n) is 10.1. The Hall–Kier alpha value is -1.35. The number of nitrogens with two attached hydrogens (primary N) is 1. The Kier molecular flexibility index (Phi) is 5.70. The molecule has 92 valence electrons. The lowest BCUT2D eigenvalue weighted by Crippen LogP contribution is -2.45. The van der Waals surface area contributed by atoms with Gasteiger partial charge in [0.05, 0.1) is 6.04 Å². The minimum Gasteiger partial charge on any atom is -0.352 e. The first-order valence-electron chi connectivity index (χ1n) is 5.85. The van der Waals surface area contributed by atoms with Crippen LogP contribution in [0.4, 0.5) is 0 Å². The van der Waals surface area contributed by atoms with Crippen molar-refractivity contribution in [3.63, 3.8) is 0 Å². The van der Waals surface area contributed by atoms with Crippen LogP contribution in [-0.2, 0) is 11.2 Å². The number of carbonyl (C=O) groups is 1. The molecule has 0 heterocycles. The SMILES string of the molecule is [CH2]CCC([CH2])NC(=O)C(N)Cc1ccccc1. The Labute approximate surface area is 103 Å². The molecule has 3 nitrogen and oxygen atoms in total. The van der Waals surface area contributed by atoms with Crippen molar-refractivity contribution in [2.24, 2.45) is 5.73 Å². The van der Waals surface area contributed by atoms with Gasteiger partial charge in [-0.3, -0.25) is 4.79 Å². The molecule has 3 heteroatoms. The summed E-state index contributed by atoms with van der Waals surface area (Å²) in [5.41, 5.74) is 6.90. The summed E-state index contributed by atoms with van der Waals surface area (Å²) in [5.74, 6) is -0.151. The van der Waals surface area contributed by atoms with Crippen LogP contribution in [0.3, 0.4) is 0 Å². The summed E-state index contributed by atoms with van der Waals surface area (Å²) in [7, 11) is 0. The highest BCUT2D eigenvalue weighted by Gasteiger charge is 2.15. The molecule has 0 saturated carbocycles. The molecule has 17 heavy (non-hydrogen) atoms. The largest absolute Gasteiger partial charge is 0.352 e. The average molecular weight is 232 g/mol. The van der Waals surface area contributed by atoms with E-state index in [9.17, 15) is 4.79 Å². The van der Waals surface area contributed by atoms with Crippen LogP contribution in [0.1, 0.15) is 18.4 Å². The maximum Gasteiger partial charge on any atom is 0.237 e. The third-order valence-electron chi connectivity index (χ3n) is 2.53. The lowest BCUT2D eigenvalue weighted by molar-refractivity contribution is -0.122. The fourth-order valence-corrected chi connectivity index (χ4v) is 1.59. The molecule has 0 aliphatic rings. The molecule has 0 aliphatic carbocycles. The summed E-state index contributed by atoms with van der Waals surface area (Å²) in [4.78, 5) is 11.7. The fourth-order valence-electron chi connectivity index (χ4n) is 1.59. The number of hydrogen-bond acceptors (Lipinski definition) is 2. The van der Waals surface area contributed by atoms with Crippen LogP contribution < -0.4 is 11.1 Å². The molecule has 1 rings (SSSR count). The molecule has 2 unspecified atom stereocenters. The molecule has 1 amide bonds. The predicted octanol–water partition coefficient (Wildman–Crippen LogP) is 1.49. The van der Waals surface area contributed by atoms with Gasteiger partial charge in [0.2, 0.25) is 5.91 Å². The smallest absolute Gasteiger partial charge is 0.237 e. The summed E-state index contributed by atoms with van der Waals surface area (Å²) in [5, 5.41) is 2.79. The van der Waals surface area contributed by atoms with Crippen LogP contribution in [0.2, 0.25) is 0 Å². The van der Waals surface area contributed by atoms with Gasteiger partial charge < -0.3 is 11.1 Å².